The molecule has 0 aromatic carbocycles. The second-order valence-corrected chi connectivity index (χ2v) is 6.85. The quantitative estimate of drug-likeness (QED) is 0.810. The number of fused-ring (bicyclic) bond motifs is 1. The maximum absolute atomic E-state index is 12.3. The predicted octanol–water partition coefficient (Wildman–Crippen LogP) is -0.0924. The molecule has 8 heteroatoms. The van der Waals surface area contributed by atoms with E-state index in [1.807, 2.05) is 0 Å². The van der Waals surface area contributed by atoms with Crippen molar-refractivity contribution >= 4 is 5.91 Å². The number of nitrogens with one attached hydrogen (secondary N) is 1. The summed E-state index contributed by atoms with van der Waals surface area (Å²) in [6.45, 7) is 5.98. The second kappa shape index (κ2) is 7.16. The number of carbonyl (C=O) groups is 1. The van der Waals surface area contributed by atoms with E-state index >= 15 is 0 Å². The summed E-state index contributed by atoms with van der Waals surface area (Å²) in [6.07, 6.45) is 5.23. The van der Waals surface area contributed by atoms with Crippen LogP contribution in [0.2, 0.25) is 0 Å². The third kappa shape index (κ3) is 3.45. The molecule has 0 spiro atoms. The Bertz CT molecular complexity index is 572. The summed E-state index contributed by atoms with van der Waals surface area (Å²) in [5.41, 5.74) is 0.400. The highest BCUT2D eigenvalue weighted by Gasteiger charge is 2.44. The van der Waals surface area contributed by atoms with Gasteiger partial charge >= 0.3 is 0 Å². The molecule has 1 saturated carbocycles. The summed E-state index contributed by atoms with van der Waals surface area (Å²) in [4.78, 5) is 14.7. The largest absolute Gasteiger partial charge is 0.379 e. The first-order valence-electron chi connectivity index (χ1n) is 8.92. The Morgan fingerprint density at radius 2 is 2.17 bits per heavy atom. The van der Waals surface area contributed by atoms with Gasteiger partial charge in [0.05, 0.1) is 32.1 Å². The molecule has 0 radical (unpaired) electrons. The highest BCUT2D eigenvalue weighted by molar-refractivity contribution is 5.92. The molecule has 4 rings (SSSR count). The van der Waals surface area contributed by atoms with Gasteiger partial charge in [-0.05, 0) is 19.3 Å². The molecule has 3 fully saturated rings. The average molecular weight is 335 g/mol. The van der Waals surface area contributed by atoms with Crippen LogP contribution in [0.5, 0.6) is 0 Å². The van der Waals surface area contributed by atoms with E-state index in [4.69, 9.17) is 9.47 Å². The zero-order valence-corrected chi connectivity index (χ0v) is 13.9. The van der Waals surface area contributed by atoms with E-state index in [0.29, 0.717) is 17.7 Å². The Labute approximate surface area is 141 Å². The van der Waals surface area contributed by atoms with E-state index < -0.39 is 0 Å². The highest BCUT2D eigenvalue weighted by atomic mass is 16.5. The van der Waals surface area contributed by atoms with Crippen molar-refractivity contribution in [1.29, 1.82) is 0 Å². The molecule has 3 unspecified atom stereocenters. The van der Waals surface area contributed by atoms with Crippen molar-refractivity contribution < 1.29 is 14.3 Å². The van der Waals surface area contributed by atoms with Crippen LogP contribution in [-0.2, 0) is 16.0 Å². The van der Waals surface area contributed by atoms with Crippen LogP contribution in [0.15, 0.2) is 6.20 Å². The van der Waals surface area contributed by atoms with Crippen LogP contribution in [-0.4, -0.2) is 77.4 Å². The standard InChI is InChI=1S/C16H25N5O3/c22-16(17-13-10-15-12(13)2-1-7-24-15)14-11-21(19-18-14)4-3-20-5-8-23-9-6-20/h11-13,15H,1-10H2,(H,17,22). The molecular weight excluding hydrogens is 310 g/mol. The van der Waals surface area contributed by atoms with Crippen molar-refractivity contribution in [3.63, 3.8) is 0 Å². The summed E-state index contributed by atoms with van der Waals surface area (Å²) in [5, 5.41) is 11.2. The molecule has 3 atom stereocenters. The van der Waals surface area contributed by atoms with Crippen LogP contribution in [0.4, 0.5) is 0 Å². The number of carbonyl (C=O) groups excluding carboxylic acids is 1. The number of hydrogen-bond acceptors (Lipinski definition) is 6. The molecule has 1 aromatic rings. The van der Waals surface area contributed by atoms with Crippen molar-refractivity contribution in [2.75, 3.05) is 39.5 Å². The van der Waals surface area contributed by atoms with Crippen LogP contribution in [0.3, 0.4) is 0 Å². The number of nitrogens with zero attached hydrogens (tertiary/aromatic N) is 4. The van der Waals surface area contributed by atoms with Crippen LogP contribution >= 0.6 is 0 Å². The van der Waals surface area contributed by atoms with Crippen LogP contribution in [0.1, 0.15) is 29.8 Å². The molecule has 1 N–H and O–H groups in total. The van der Waals surface area contributed by atoms with Gasteiger partial charge in [0.2, 0.25) is 0 Å². The fraction of sp³-hybridized carbons (Fsp3) is 0.812. The first-order valence-corrected chi connectivity index (χ1v) is 8.92. The van der Waals surface area contributed by atoms with Gasteiger partial charge in [-0.3, -0.25) is 14.4 Å². The third-order valence-electron chi connectivity index (χ3n) is 5.33. The van der Waals surface area contributed by atoms with Crippen molar-refractivity contribution in [2.24, 2.45) is 5.92 Å². The molecule has 1 aliphatic carbocycles. The number of ether oxygens (including phenoxy) is 2. The fourth-order valence-electron chi connectivity index (χ4n) is 3.78. The van der Waals surface area contributed by atoms with Crippen LogP contribution in [0, 0.1) is 5.92 Å². The number of rotatable bonds is 5. The fourth-order valence-corrected chi connectivity index (χ4v) is 3.78. The Morgan fingerprint density at radius 3 is 3.00 bits per heavy atom. The van der Waals surface area contributed by atoms with Crippen molar-refractivity contribution in [3.05, 3.63) is 11.9 Å². The lowest BCUT2D eigenvalue weighted by atomic mass is 9.72. The molecule has 1 amide bonds. The number of morpholine rings is 1. The predicted molar refractivity (Wildman–Crippen MR) is 85.6 cm³/mol. The lowest BCUT2D eigenvalue weighted by Crippen LogP contribution is -2.57. The van der Waals surface area contributed by atoms with Gasteiger partial charge in [0.1, 0.15) is 0 Å². The zero-order valence-electron chi connectivity index (χ0n) is 13.9. The van der Waals surface area contributed by atoms with Crippen molar-refractivity contribution in [1.82, 2.24) is 25.2 Å². The van der Waals surface area contributed by atoms with Crippen LogP contribution < -0.4 is 5.32 Å². The van der Waals surface area contributed by atoms with Gasteiger partial charge in [-0.25, -0.2) is 0 Å². The lowest BCUT2D eigenvalue weighted by molar-refractivity contribution is -0.100. The Kier molecular flexibility index (Phi) is 4.77. The smallest absolute Gasteiger partial charge is 0.273 e. The minimum Gasteiger partial charge on any atom is -0.379 e. The summed E-state index contributed by atoms with van der Waals surface area (Å²) in [5.74, 6) is 0.348. The maximum atomic E-state index is 12.3. The second-order valence-electron chi connectivity index (χ2n) is 6.85. The molecule has 2 saturated heterocycles. The molecule has 8 nitrogen and oxygen atoms in total. The van der Waals surface area contributed by atoms with E-state index in [0.717, 1.165) is 65.3 Å². The minimum absolute atomic E-state index is 0.123. The zero-order chi connectivity index (χ0) is 16.4. The lowest BCUT2D eigenvalue weighted by Gasteiger charge is -2.47. The Morgan fingerprint density at radius 1 is 1.29 bits per heavy atom. The van der Waals surface area contributed by atoms with Gasteiger partial charge in [-0.15, -0.1) is 5.10 Å². The molecule has 24 heavy (non-hydrogen) atoms. The van der Waals surface area contributed by atoms with Gasteiger partial charge in [-0.1, -0.05) is 5.21 Å². The molecule has 1 aromatic heterocycles. The Hall–Kier alpha value is -1.51. The third-order valence-corrected chi connectivity index (χ3v) is 5.33. The monoisotopic (exact) mass is 335 g/mol. The molecule has 3 aliphatic rings. The SMILES string of the molecule is O=C(NC1CC2OCCCC12)c1cn(CCN2CCOCC2)nn1. The highest BCUT2D eigenvalue weighted by Crippen LogP contribution is 2.37. The van der Waals surface area contributed by atoms with Gasteiger partial charge < -0.3 is 14.8 Å². The molecule has 3 heterocycles. The van der Waals surface area contributed by atoms with Gasteiger partial charge in [0, 0.05) is 38.2 Å². The minimum atomic E-state index is -0.123. The van der Waals surface area contributed by atoms with E-state index in [-0.39, 0.29) is 11.9 Å². The van der Waals surface area contributed by atoms with Gasteiger partial charge in [-0.2, -0.15) is 0 Å². The van der Waals surface area contributed by atoms with Gasteiger partial charge in [0.15, 0.2) is 5.69 Å². The van der Waals surface area contributed by atoms with Gasteiger partial charge in [0.25, 0.3) is 5.91 Å². The molecule has 0 bridgehead atoms. The first kappa shape index (κ1) is 16.0. The van der Waals surface area contributed by atoms with Crippen molar-refractivity contribution in [3.8, 4) is 0 Å². The first-order chi connectivity index (χ1) is 11.8. The van der Waals surface area contributed by atoms with E-state index in [2.05, 4.69) is 20.5 Å². The maximum Gasteiger partial charge on any atom is 0.273 e. The molecule has 132 valence electrons. The Balaban J connectivity index is 1.25. The van der Waals surface area contributed by atoms with Crippen molar-refractivity contribution in [2.45, 2.75) is 38.0 Å². The molecule has 2 aliphatic heterocycles. The van der Waals surface area contributed by atoms with E-state index in [1.165, 1.54) is 0 Å². The number of hydrogen-bond donors (Lipinski definition) is 1. The summed E-state index contributed by atoms with van der Waals surface area (Å²) in [6, 6.07) is 0.223. The van der Waals surface area contributed by atoms with E-state index in [1.54, 1.807) is 10.9 Å². The normalized spacial score (nSPS) is 30.4. The van der Waals surface area contributed by atoms with Crippen LogP contribution in [0.25, 0.3) is 0 Å². The summed E-state index contributed by atoms with van der Waals surface area (Å²) < 4.78 is 12.8. The average Bonchev–Trinajstić information content (AvgIpc) is 3.08. The van der Waals surface area contributed by atoms with E-state index in [9.17, 15) is 4.79 Å². The topological polar surface area (TPSA) is 81.5 Å². The number of amides is 1. The number of aromatic nitrogens is 3. The summed E-state index contributed by atoms with van der Waals surface area (Å²) >= 11 is 0. The summed E-state index contributed by atoms with van der Waals surface area (Å²) in [7, 11) is 0. The molecular formula is C16H25N5O3.